The number of nitrogens with zero attached hydrogens (tertiary/aromatic N) is 1. The van der Waals surface area contributed by atoms with E-state index in [2.05, 4.69) is 11.9 Å². The fourth-order valence-electron chi connectivity index (χ4n) is 12.2. The van der Waals surface area contributed by atoms with Crippen LogP contribution >= 0.6 is 0 Å². The number of pyridine rings is 1. The lowest BCUT2D eigenvalue weighted by atomic mass is 9.42. The van der Waals surface area contributed by atoms with Gasteiger partial charge in [0.2, 0.25) is 0 Å². The van der Waals surface area contributed by atoms with Crippen molar-refractivity contribution in [1.82, 2.24) is 4.98 Å². The van der Waals surface area contributed by atoms with Crippen LogP contribution in [0.15, 0.2) is 39.8 Å². The molecule has 268 valence electrons. The summed E-state index contributed by atoms with van der Waals surface area (Å²) in [5.41, 5.74) is -3.55. The van der Waals surface area contributed by atoms with E-state index in [9.17, 15) is 24.3 Å². The molecule has 0 saturated heterocycles. The van der Waals surface area contributed by atoms with Gasteiger partial charge in [0.25, 0.3) is 0 Å². The fourth-order valence-corrected chi connectivity index (χ4v) is 12.2. The monoisotopic (exact) mass is 689 g/mol. The van der Waals surface area contributed by atoms with Crippen LogP contribution in [0.25, 0.3) is 11.3 Å². The Hall–Kier alpha value is -3.73. The zero-order valence-electron chi connectivity index (χ0n) is 29.4. The number of ether oxygens (including phenoxy) is 4. The van der Waals surface area contributed by atoms with Gasteiger partial charge in [0.05, 0.1) is 11.5 Å². The summed E-state index contributed by atoms with van der Waals surface area (Å²) in [4.78, 5) is 57.1. The second-order valence-corrected chi connectivity index (χ2v) is 16.9. The molecule has 0 radical (unpaired) electrons. The maximum absolute atomic E-state index is 14.6. The van der Waals surface area contributed by atoms with Gasteiger partial charge in [-0.25, -0.2) is 4.79 Å². The normalized spacial score (nSPS) is 42.0. The van der Waals surface area contributed by atoms with Gasteiger partial charge in [-0.3, -0.25) is 19.4 Å². The van der Waals surface area contributed by atoms with E-state index in [1.54, 1.807) is 30.6 Å². The molecule has 3 heterocycles. The molecule has 4 bridgehead atoms. The van der Waals surface area contributed by atoms with Gasteiger partial charge in [0.15, 0.2) is 0 Å². The van der Waals surface area contributed by atoms with Crippen LogP contribution in [0.3, 0.4) is 0 Å². The molecule has 6 saturated carbocycles. The molecule has 0 spiro atoms. The van der Waals surface area contributed by atoms with Crippen LogP contribution in [0.2, 0.25) is 0 Å². The van der Waals surface area contributed by atoms with Crippen LogP contribution < -0.4 is 10.4 Å². The van der Waals surface area contributed by atoms with E-state index in [0.717, 1.165) is 25.7 Å². The Morgan fingerprint density at radius 3 is 2.40 bits per heavy atom. The number of hydrogen-bond acceptors (Lipinski definition) is 11. The Kier molecular flexibility index (Phi) is 7.61. The SMILES string of the molecule is CC(=O)OCC1(C)C2C[C@H](OC(=O)C34CC5CC(CC3C5)C4)[C@@]3(C)Oc4cc(-c5cccnc5)oc(=O)c4[C@H](O)C3[C@@]2(C)CC[C@@H]1OC(C)=O. The lowest BCUT2D eigenvalue weighted by molar-refractivity contribution is -0.273. The first-order chi connectivity index (χ1) is 23.7. The van der Waals surface area contributed by atoms with Gasteiger partial charge in [0.1, 0.15) is 41.5 Å². The average Bonchev–Trinajstić information content (AvgIpc) is 3.46. The molecular weight excluding hydrogens is 642 g/mol. The molecule has 7 aliphatic rings. The Morgan fingerprint density at radius 1 is 1.00 bits per heavy atom. The summed E-state index contributed by atoms with van der Waals surface area (Å²) < 4.78 is 31.1. The largest absolute Gasteiger partial charge is 0.482 e. The Bertz CT molecular complexity index is 1780. The third-order valence-electron chi connectivity index (χ3n) is 14.1. The summed E-state index contributed by atoms with van der Waals surface area (Å²) in [6, 6.07) is 5.12. The molecule has 6 fully saturated rings. The fraction of sp³-hybridized carbons (Fsp3) is 0.667. The predicted molar refractivity (Wildman–Crippen MR) is 177 cm³/mol. The number of fused-ring (bicyclic) bond motifs is 4. The van der Waals surface area contributed by atoms with Crippen LogP contribution in [-0.4, -0.2) is 52.4 Å². The molecule has 11 heteroatoms. The van der Waals surface area contributed by atoms with E-state index >= 15 is 0 Å². The third kappa shape index (κ3) is 4.81. The van der Waals surface area contributed by atoms with Gasteiger partial charge < -0.3 is 28.5 Å². The van der Waals surface area contributed by atoms with Gasteiger partial charge in [0, 0.05) is 49.2 Å². The minimum atomic E-state index is -1.34. The lowest BCUT2D eigenvalue weighted by Gasteiger charge is -2.66. The number of carbonyl (C=O) groups excluding carboxylic acids is 3. The smallest absolute Gasteiger partial charge is 0.345 e. The van der Waals surface area contributed by atoms with E-state index < -0.39 is 63.6 Å². The Morgan fingerprint density at radius 2 is 1.74 bits per heavy atom. The molecule has 50 heavy (non-hydrogen) atoms. The van der Waals surface area contributed by atoms with Gasteiger partial charge >= 0.3 is 23.5 Å². The van der Waals surface area contributed by atoms with E-state index in [4.69, 9.17) is 23.4 Å². The summed E-state index contributed by atoms with van der Waals surface area (Å²) in [5.74, 6) is -0.417. The van der Waals surface area contributed by atoms with Crippen molar-refractivity contribution in [2.75, 3.05) is 6.61 Å². The number of hydrogen-bond donors (Lipinski definition) is 1. The summed E-state index contributed by atoms with van der Waals surface area (Å²) in [5, 5.41) is 12.5. The molecule has 0 amide bonds. The predicted octanol–water partition coefficient (Wildman–Crippen LogP) is 5.56. The minimum Gasteiger partial charge on any atom is -0.482 e. The summed E-state index contributed by atoms with van der Waals surface area (Å²) in [6.45, 7) is 8.56. The van der Waals surface area contributed by atoms with Crippen LogP contribution in [0, 0.1) is 45.8 Å². The zero-order chi connectivity index (χ0) is 35.4. The molecule has 2 aromatic heterocycles. The lowest BCUT2D eigenvalue weighted by Crippen LogP contribution is -2.71. The van der Waals surface area contributed by atoms with Gasteiger partial charge in [-0.15, -0.1) is 0 Å². The third-order valence-corrected chi connectivity index (χ3v) is 14.1. The molecule has 0 aromatic carbocycles. The second kappa shape index (κ2) is 11.4. The number of carbonyl (C=O) groups is 3. The van der Waals surface area contributed by atoms with Crippen molar-refractivity contribution in [3.8, 4) is 17.1 Å². The molecule has 1 aliphatic heterocycles. The summed E-state index contributed by atoms with van der Waals surface area (Å²) in [7, 11) is 0. The van der Waals surface area contributed by atoms with E-state index in [0.29, 0.717) is 42.6 Å². The number of rotatable bonds is 6. The van der Waals surface area contributed by atoms with Crippen molar-refractivity contribution in [1.29, 1.82) is 0 Å². The zero-order valence-corrected chi connectivity index (χ0v) is 29.4. The molecule has 1 N–H and O–H groups in total. The molecule has 9 rings (SSSR count). The number of esters is 3. The first kappa shape index (κ1) is 33.4. The quantitative estimate of drug-likeness (QED) is 0.300. The van der Waals surface area contributed by atoms with Crippen LogP contribution in [0.4, 0.5) is 0 Å². The summed E-state index contributed by atoms with van der Waals surface area (Å²) in [6.07, 6.45) is 6.64. The van der Waals surface area contributed by atoms with Crippen molar-refractivity contribution >= 4 is 17.9 Å². The van der Waals surface area contributed by atoms with Crippen molar-refractivity contribution in [3.63, 3.8) is 0 Å². The van der Waals surface area contributed by atoms with Crippen molar-refractivity contribution < 1.29 is 42.9 Å². The van der Waals surface area contributed by atoms with Crippen LogP contribution in [0.1, 0.15) is 97.7 Å². The highest BCUT2D eigenvalue weighted by molar-refractivity contribution is 5.79. The highest BCUT2D eigenvalue weighted by atomic mass is 16.6. The Labute approximate surface area is 291 Å². The van der Waals surface area contributed by atoms with Crippen molar-refractivity contribution in [2.45, 2.75) is 110 Å². The van der Waals surface area contributed by atoms with Gasteiger partial charge in [-0.2, -0.15) is 0 Å². The topological polar surface area (TPSA) is 151 Å². The van der Waals surface area contributed by atoms with Gasteiger partial charge in [-0.1, -0.05) is 13.8 Å². The standard InChI is InChI=1S/C39H47NO10/c1-20(41)46-19-37(4)28-15-30(49-35(45)39-16-22-11-23(17-39)13-25(39)12-22)38(5)33(36(28,3)9-8-29(37)47-21(2)42)32(43)31-27(50-38)14-26(48-34(31)44)24-7-6-10-40-18-24/h6-7,10,14,18,22-23,25,28-30,32-33,43H,8-9,11-13,15-17,19H2,1-5H3/t22?,23?,25?,28?,29-,30-,32-,33?,36-,37?,38+,39?/m0/s1. The van der Waals surface area contributed by atoms with Gasteiger partial charge in [-0.05, 0) is 99.5 Å². The van der Waals surface area contributed by atoms with Crippen LogP contribution in [-0.2, 0) is 28.6 Å². The minimum absolute atomic E-state index is 0.0150. The highest BCUT2D eigenvalue weighted by Gasteiger charge is 2.72. The highest BCUT2D eigenvalue weighted by Crippen LogP contribution is 2.69. The molecular formula is C39H47NO10. The van der Waals surface area contributed by atoms with E-state index in [1.807, 2.05) is 13.8 Å². The maximum atomic E-state index is 14.6. The van der Waals surface area contributed by atoms with Crippen molar-refractivity contribution in [2.24, 2.45) is 45.8 Å². The molecule has 5 unspecified atom stereocenters. The summed E-state index contributed by atoms with van der Waals surface area (Å²) >= 11 is 0. The Balaban J connectivity index is 1.25. The number of aromatic nitrogens is 1. The first-order valence-electron chi connectivity index (χ1n) is 18.1. The average molecular weight is 690 g/mol. The molecule has 6 aliphatic carbocycles. The second-order valence-electron chi connectivity index (χ2n) is 16.9. The molecule has 2 aromatic rings. The number of aliphatic hydroxyl groups is 1. The first-order valence-corrected chi connectivity index (χ1v) is 18.1. The molecule has 10 atom stereocenters. The van der Waals surface area contributed by atoms with Crippen molar-refractivity contribution in [3.05, 3.63) is 46.6 Å². The van der Waals surface area contributed by atoms with E-state index in [-0.39, 0.29) is 35.6 Å². The maximum Gasteiger partial charge on any atom is 0.345 e. The van der Waals surface area contributed by atoms with Crippen LogP contribution in [0.5, 0.6) is 5.75 Å². The number of aliphatic hydroxyl groups excluding tert-OH is 1. The molecule has 11 nitrogen and oxygen atoms in total. The van der Waals surface area contributed by atoms with E-state index in [1.165, 1.54) is 20.3 Å².